The van der Waals surface area contributed by atoms with Gasteiger partial charge in [0, 0.05) is 17.3 Å². The Kier molecular flexibility index (Phi) is 4.31. The van der Waals surface area contributed by atoms with Crippen molar-refractivity contribution in [1.82, 2.24) is 20.2 Å². The van der Waals surface area contributed by atoms with Crippen LogP contribution in [0.15, 0.2) is 54.6 Å². The first-order chi connectivity index (χ1) is 12.7. The van der Waals surface area contributed by atoms with Crippen molar-refractivity contribution in [2.75, 3.05) is 5.32 Å². The van der Waals surface area contributed by atoms with Crippen molar-refractivity contribution >= 4 is 17.7 Å². The van der Waals surface area contributed by atoms with Crippen LogP contribution >= 0.6 is 0 Å². The molecule has 130 valence electrons. The van der Waals surface area contributed by atoms with E-state index >= 15 is 0 Å². The summed E-state index contributed by atoms with van der Waals surface area (Å²) in [5.74, 6) is 0.559. The number of aryl methyl sites for hydroxylation is 1. The minimum atomic E-state index is -0.176. The lowest BCUT2D eigenvalue weighted by Crippen LogP contribution is -2.08. The molecular weight excluding hydrogens is 326 g/mol. The molecule has 1 amide bonds. The minimum absolute atomic E-state index is 0.176. The van der Waals surface area contributed by atoms with Crippen LogP contribution in [0.3, 0.4) is 0 Å². The van der Waals surface area contributed by atoms with Crippen molar-refractivity contribution in [3.8, 4) is 11.4 Å². The molecule has 1 fully saturated rings. The second-order valence-electron chi connectivity index (χ2n) is 6.49. The average Bonchev–Trinajstić information content (AvgIpc) is 3.38. The highest BCUT2D eigenvalue weighted by atomic mass is 16.1. The second-order valence-corrected chi connectivity index (χ2v) is 6.49. The Balaban J connectivity index is 1.47. The first-order valence-electron chi connectivity index (χ1n) is 8.63. The van der Waals surface area contributed by atoms with Crippen molar-refractivity contribution in [1.29, 1.82) is 0 Å². The highest BCUT2D eigenvalue weighted by Crippen LogP contribution is 2.36. The highest BCUT2D eigenvalue weighted by molar-refractivity contribution is 6.02. The maximum atomic E-state index is 12.2. The maximum Gasteiger partial charge on any atom is 0.248 e. The van der Waals surface area contributed by atoms with E-state index in [9.17, 15) is 4.79 Å². The number of rotatable bonds is 5. The number of anilines is 1. The molecule has 0 bridgehead atoms. The number of carbonyl (C=O) groups is 1. The van der Waals surface area contributed by atoms with Gasteiger partial charge in [-0.05, 0) is 54.0 Å². The van der Waals surface area contributed by atoms with E-state index < -0.39 is 0 Å². The molecule has 0 radical (unpaired) electrons. The zero-order valence-electron chi connectivity index (χ0n) is 14.5. The Morgan fingerprint density at radius 3 is 2.77 bits per heavy atom. The first-order valence-corrected chi connectivity index (χ1v) is 8.63. The van der Waals surface area contributed by atoms with Gasteiger partial charge in [0.15, 0.2) is 5.82 Å². The third-order valence-electron chi connectivity index (χ3n) is 4.28. The summed E-state index contributed by atoms with van der Waals surface area (Å²) < 4.78 is 1.86. The van der Waals surface area contributed by atoms with Gasteiger partial charge in [0.05, 0.1) is 6.04 Å². The molecule has 0 aliphatic heterocycles. The van der Waals surface area contributed by atoms with Gasteiger partial charge >= 0.3 is 0 Å². The van der Waals surface area contributed by atoms with E-state index in [0.29, 0.717) is 11.7 Å². The third kappa shape index (κ3) is 3.69. The van der Waals surface area contributed by atoms with Crippen LogP contribution in [0.1, 0.15) is 30.0 Å². The zero-order chi connectivity index (χ0) is 17.9. The Bertz CT molecular complexity index is 954. The number of hydrogen-bond acceptors (Lipinski definition) is 4. The number of carbonyl (C=O) groups excluding carboxylic acids is 1. The molecule has 3 aromatic rings. The van der Waals surface area contributed by atoms with E-state index in [1.54, 1.807) is 6.08 Å². The quantitative estimate of drug-likeness (QED) is 0.717. The van der Waals surface area contributed by atoms with Crippen molar-refractivity contribution in [3.05, 3.63) is 65.7 Å². The molecule has 1 saturated carbocycles. The van der Waals surface area contributed by atoms with Gasteiger partial charge in [-0.1, -0.05) is 42.0 Å². The number of nitrogens with zero attached hydrogens (tertiary/aromatic N) is 4. The summed E-state index contributed by atoms with van der Waals surface area (Å²) in [5, 5.41) is 14.9. The van der Waals surface area contributed by atoms with Gasteiger partial charge in [0.1, 0.15) is 0 Å². The molecule has 26 heavy (non-hydrogen) atoms. The van der Waals surface area contributed by atoms with Gasteiger partial charge in [0.25, 0.3) is 0 Å². The van der Waals surface area contributed by atoms with Crippen LogP contribution in [-0.4, -0.2) is 26.1 Å². The van der Waals surface area contributed by atoms with Crippen LogP contribution < -0.4 is 5.32 Å². The number of tetrazole rings is 1. The van der Waals surface area contributed by atoms with Gasteiger partial charge in [-0.25, -0.2) is 4.68 Å². The predicted octanol–water partition coefficient (Wildman–Crippen LogP) is 3.64. The molecule has 1 aliphatic rings. The topological polar surface area (TPSA) is 72.7 Å². The molecular formula is C20H19N5O. The predicted molar refractivity (Wildman–Crippen MR) is 100 cm³/mol. The van der Waals surface area contributed by atoms with E-state index in [1.165, 1.54) is 11.6 Å². The van der Waals surface area contributed by atoms with Crippen LogP contribution in [0.5, 0.6) is 0 Å². The minimum Gasteiger partial charge on any atom is -0.322 e. The zero-order valence-corrected chi connectivity index (χ0v) is 14.5. The highest BCUT2D eigenvalue weighted by Gasteiger charge is 2.28. The van der Waals surface area contributed by atoms with Crippen molar-refractivity contribution < 1.29 is 4.79 Å². The molecule has 2 aromatic carbocycles. The van der Waals surface area contributed by atoms with E-state index in [0.717, 1.165) is 29.8 Å². The fourth-order valence-electron chi connectivity index (χ4n) is 2.72. The lowest BCUT2D eigenvalue weighted by atomic mass is 10.1. The van der Waals surface area contributed by atoms with Crippen LogP contribution in [0.4, 0.5) is 5.69 Å². The number of nitrogens with one attached hydrogen (secondary N) is 1. The third-order valence-corrected chi connectivity index (χ3v) is 4.28. The summed E-state index contributed by atoms with van der Waals surface area (Å²) in [5.41, 5.74) is 3.79. The van der Waals surface area contributed by atoms with E-state index in [1.807, 2.05) is 60.1 Å². The maximum absolute atomic E-state index is 12.2. The molecule has 1 heterocycles. The lowest BCUT2D eigenvalue weighted by molar-refractivity contribution is -0.111. The summed E-state index contributed by atoms with van der Waals surface area (Å²) in [6.45, 7) is 2.03. The van der Waals surface area contributed by atoms with Gasteiger partial charge < -0.3 is 5.32 Å². The standard InChI is InChI=1S/C20H19N5O/c1-14-5-7-15(8-6-14)9-12-19(26)21-17-4-2-3-16(13-17)20-22-23-24-25(20)18-10-11-18/h2-9,12-13,18H,10-11H2,1H3,(H,21,26)/b12-9+. The summed E-state index contributed by atoms with van der Waals surface area (Å²) >= 11 is 0. The smallest absolute Gasteiger partial charge is 0.248 e. The lowest BCUT2D eigenvalue weighted by Gasteiger charge is -2.06. The summed E-state index contributed by atoms with van der Waals surface area (Å²) in [7, 11) is 0. The number of hydrogen-bond donors (Lipinski definition) is 1. The fraction of sp³-hybridized carbons (Fsp3) is 0.200. The molecule has 6 nitrogen and oxygen atoms in total. The molecule has 1 aromatic heterocycles. The summed E-state index contributed by atoms with van der Waals surface area (Å²) in [6.07, 6.45) is 5.55. The molecule has 1 aliphatic carbocycles. The Labute approximate surface area is 151 Å². The van der Waals surface area contributed by atoms with Crippen LogP contribution in [0, 0.1) is 6.92 Å². The summed E-state index contributed by atoms with van der Waals surface area (Å²) in [6, 6.07) is 16.0. The molecule has 0 spiro atoms. The van der Waals surface area contributed by atoms with E-state index in [4.69, 9.17) is 0 Å². The van der Waals surface area contributed by atoms with Crippen molar-refractivity contribution in [2.24, 2.45) is 0 Å². The van der Waals surface area contributed by atoms with E-state index in [-0.39, 0.29) is 5.91 Å². The van der Waals surface area contributed by atoms with Gasteiger partial charge in [-0.15, -0.1) is 5.10 Å². The molecule has 4 rings (SSSR count). The Hall–Kier alpha value is -3.28. The molecule has 0 saturated heterocycles. The molecule has 0 atom stereocenters. The molecule has 0 unspecified atom stereocenters. The second kappa shape index (κ2) is 6.92. The number of amides is 1. The number of aromatic nitrogens is 4. The largest absolute Gasteiger partial charge is 0.322 e. The fourth-order valence-corrected chi connectivity index (χ4v) is 2.72. The average molecular weight is 345 g/mol. The Morgan fingerprint density at radius 1 is 1.19 bits per heavy atom. The SMILES string of the molecule is Cc1ccc(/C=C/C(=O)Nc2cccc(-c3nnnn3C3CC3)c2)cc1. The van der Waals surface area contributed by atoms with E-state index in [2.05, 4.69) is 20.8 Å². The normalized spacial score (nSPS) is 13.9. The number of benzene rings is 2. The monoisotopic (exact) mass is 345 g/mol. The first kappa shape index (κ1) is 16.2. The van der Waals surface area contributed by atoms with Crippen molar-refractivity contribution in [3.63, 3.8) is 0 Å². The van der Waals surface area contributed by atoms with Gasteiger partial charge in [0.2, 0.25) is 5.91 Å². The molecule has 1 N–H and O–H groups in total. The van der Waals surface area contributed by atoms with Gasteiger partial charge in [-0.3, -0.25) is 4.79 Å². The van der Waals surface area contributed by atoms with Gasteiger partial charge in [-0.2, -0.15) is 0 Å². The molecule has 6 heteroatoms. The van der Waals surface area contributed by atoms with Crippen LogP contribution in [0.2, 0.25) is 0 Å². The van der Waals surface area contributed by atoms with Crippen molar-refractivity contribution in [2.45, 2.75) is 25.8 Å². The Morgan fingerprint density at radius 2 is 2.00 bits per heavy atom. The summed E-state index contributed by atoms with van der Waals surface area (Å²) in [4.78, 5) is 12.2. The van der Waals surface area contributed by atoms with Crippen LogP contribution in [0.25, 0.3) is 17.5 Å². The van der Waals surface area contributed by atoms with Crippen LogP contribution in [-0.2, 0) is 4.79 Å².